The van der Waals surface area contributed by atoms with E-state index in [0.29, 0.717) is 5.56 Å². The molecule has 1 aromatic carbocycles. The number of nitrogens with zero attached hydrogens (tertiary/aromatic N) is 1. The summed E-state index contributed by atoms with van der Waals surface area (Å²) in [4.78, 5) is 20.9. The molecular formula is C11H15BNO4. The number of para-hydroxylation sites is 1. The van der Waals surface area contributed by atoms with Crippen LogP contribution in [-0.4, -0.2) is 18.1 Å². The Morgan fingerprint density at radius 1 is 1.41 bits per heavy atom. The topological polar surface area (TPSA) is 69.4 Å². The van der Waals surface area contributed by atoms with E-state index in [9.17, 15) is 14.9 Å². The first-order valence-electron chi connectivity index (χ1n) is 5.33. The van der Waals surface area contributed by atoms with E-state index >= 15 is 0 Å². The third-order valence-corrected chi connectivity index (χ3v) is 1.79. The smallest absolute Gasteiger partial charge is 0.276 e. The van der Waals surface area contributed by atoms with Crippen molar-refractivity contribution in [1.29, 1.82) is 0 Å². The second kappa shape index (κ2) is 8.32. The van der Waals surface area contributed by atoms with E-state index in [1.54, 1.807) is 25.0 Å². The molecule has 0 atom stereocenters. The Bertz CT molecular complexity index is 381. The fourth-order valence-corrected chi connectivity index (χ4v) is 1.04. The molecule has 6 heteroatoms. The Hall–Kier alpha value is -1.85. The van der Waals surface area contributed by atoms with Crippen molar-refractivity contribution in [3.8, 4) is 0 Å². The van der Waals surface area contributed by atoms with Crippen molar-refractivity contribution in [3.63, 3.8) is 0 Å². The third-order valence-electron chi connectivity index (χ3n) is 1.79. The Kier molecular flexibility index (Phi) is 7.42. The van der Waals surface area contributed by atoms with Crippen LogP contribution in [0.4, 0.5) is 10.5 Å². The third kappa shape index (κ3) is 5.15. The molecule has 0 saturated carbocycles. The summed E-state index contributed by atoms with van der Waals surface area (Å²) in [6.45, 7) is 5.46. The lowest BCUT2D eigenvalue weighted by Gasteiger charge is -2.03. The summed E-state index contributed by atoms with van der Waals surface area (Å²) in [7, 11) is 1.26. The predicted octanol–water partition coefficient (Wildman–Crippen LogP) is 3.01. The monoisotopic (exact) mass is 236 g/mol. The minimum absolute atomic E-state index is 0.0404. The first-order chi connectivity index (χ1) is 8.15. The van der Waals surface area contributed by atoms with Crippen molar-refractivity contribution in [2.75, 3.05) is 0 Å². The highest BCUT2D eigenvalue weighted by Crippen LogP contribution is 2.18. The summed E-state index contributed by atoms with van der Waals surface area (Å²) in [5.41, 5.74) is 0.346. The number of hydrogen-bond acceptors (Lipinski definition) is 4. The molecule has 0 fully saturated rings. The molecule has 17 heavy (non-hydrogen) atoms. The lowest BCUT2D eigenvalue weighted by Crippen LogP contribution is -2.08. The molecule has 0 N–H and O–H groups in total. The first-order valence-corrected chi connectivity index (χ1v) is 5.33. The number of benzene rings is 1. The van der Waals surface area contributed by atoms with Gasteiger partial charge in [0.1, 0.15) is 6.61 Å². The number of carbonyl (C=O) groups excluding carboxylic acids is 1. The predicted molar refractivity (Wildman–Crippen MR) is 66.2 cm³/mol. The Morgan fingerprint density at radius 3 is 2.53 bits per heavy atom. The SMILES string of the molecule is CC.C[B]C(=O)OCc1ccccc1[N+](=O)[O-]. The van der Waals surface area contributed by atoms with Gasteiger partial charge in [-0.25, -0.2) is 0 Å². The van der Waals surface area contributed by atoms with Crippen LogP contribution in [0, 0.1) is 10.1 Å². The molecule has 1 radical (unpaired) electrons. The highest BCUT2D eigenvalue weighted by Gasteiger charge is 2.13. The van der Waals surface area contributed by atoms with Crippen molar-refractivity contribution < 1.29 is 14.5 Å². The quantitative estimate of drug-likeness (QED) is 0.457. The highest BCUT2D eigenvalue weighted by atomic mass is 16.6. The molecule has 0 unspecified atom stereocenters. The lowest BCUT2D eigenvalue weighted by molar-refractivity contribution is -0.385. The van der Waals surface area contributed by atoms with E-state index in [2.05, 4.69) is 0 Å². The van der Waals surface area contributed by atoms with Crippen LogP contribution in [0.2, 0.25) is 6.82 Å². The van der Waals surface area contributed by atoms with Crippen LogP contribution in [-0.2, 0) is 11.3 Å². The summed E-state index contributed by atoms with van der Waals surface area (Å²) in [5, 5.41) is 10.6. The molecule has 0 bridgehead atoms. The minimum Gasteiger partial charge on any atom is -0.469 e. The number of carbonyl (C=O) groups is 1. The molecule has 0 saturated heterocycles. The molecule has 0 heterocycles. The lowest BCUT2D eigenvalue weighted by atomic mass is 9.83. The fraction of sp³-hybridized carbons (Fsp3) is 0.364. The van der Waals surface area contributed by atoms with E-state index in [-0.39, 0.29) is 12.3 Å². The zero-order valence-electron chi connectivity index (χ0n) is 10.2. The van der Waals surface area contributed by atoms with Crippen molar-refractivity contribution in [2.45, 2.75) is 27.3 Å². The molecular weight excluding hydrogens is 221 g/mol. The van der Waals surface area contributed by atoms with Gasteiger partial charge in [-0.2, -0.15) is 0 Å². The van der Waals surface area contributed by atoms with Crippen LogP contribution in [0.1, 0.15) is 19.4 Å². The average molecular weight is 236 g/mol. The Balaban J connectivity index is 0.00000121. The first kappa shape index (κ1) is 15.2. The summed E-state index contributed by atoms with van der Waals surface area (Å²) < 4.78 is 4.77. The average Bonchev–Trinajstić information content (AvgIpc) is 2.38. The van der Waals surface area contributed by atoms with Crippen molar-refractivity contribution in [1.82, 2.24) is 0 Å². The molecule has 91 valence electrons. The van der Waals surface area contributed by atoms with Gasteiger partial charge in [0.25, 0.3) is 13.0 Å². The number of nitro groups is 1. The summed E-state index contributed by atoms with van der Waals surface area (Å²) in [6.07, 6.45) is 0. The molecule has 1 aromatic rings. The van der Waals surface area contributed by atoms with Gasteiger partial charge in [0.05, 0.1) is 10.5 Å². The zero-order chi connectivity index (χ0) is 13.3. The van der Waals surface area contributed by atoms with Gasteiger partial charge in [-0.05, 0) is 6.07 Å². The number of nitro benzene ring substituents is 1. The molecule has 0 aromatic heterocycles. The minimum atomic E-state index is -0.501. The van der Waals surface area contributed by atoms with Gasteiger partial charge in [0.2, 0.25) is 5.87 Å². The molecule has 0 aliphatic carbocycles. The van der Waals surface area contributed by atoms with E-state index in [1.807, 2.05) is 13.8 Å². The van der Waals surface area contributed by atoms with Gasteiger partial charge in [0.15, 0.2) is 0 Å². The van der Waals surface area contributed by atoms with Gasteiger partial charge in [-0.3, -0.25) is 14.9 Å². The summed E-state index contributed by atoms with van der Waals surface area (Å²) in [6, 6.07) is 6.15. The summed E-state index contributed by atoms with van der Waals surface area (Å²) in [5.74, 6) is -0.492. The maximum absolute atomic E-state index is 10.8. The van der Waals surface area contributed by atoms with Crippen LogP contribution < -0.4 is 0 Å². The van der Waals surface area contributed by atoms with Crippen molar-refractivity contribution in [3.05, 3.63) is 39.9 Å². The van der Waals surface area contributed by atoms with Gasteiger partial charge >= 0.3 is 0 Å². The van der Waals surface area contributed by atoms with Crippen molar-refractivity contribution >= 4 is 18.8 Å². The van der Waals surface area contributed by atoms with Crippen molar-refractivity contribution in [2.24, 2.45) is 0 Å². The molecule has 0 aliphatic rings. The highest BCUT2D eigenvalue weighted by molar-refractivity contribution is 6.70. The van der Waals surface area contributed by atoms with Crippen LogP contribution in [0.25, 0.3) is 0 Å². The Labute approximate surface area is 101 Å². The standard InChI is InChI=1S/C9H9BNO4.C2H6/c1-10-9(12)15-6-7-4-2-3-5-8(7)11(13)14;1-2/h2-5H,6H2,1H3;1-2H3. The van der Waals surface area contributed by atoms with E-state index in [0.717, 1.165) is 0 Å². The molecule has 0 aliphatic heterocycles. The van der Waals surface area contributed by atoms with E-state index < -0.39 is 10.8 Å². The maximum Gasteiger partial charge on any atom is 0.276 e. The largest absolute Gasteiger partial charge is 0.469 e. The van der Waals surface area contributed by atoms with Crippen LogP contribution >= 0.6 is 0 Å². The second-order valence-electron chi connectivity index (χ2n) is 2.78. The maximum atomic E-state index is 10.8. The molecule has 0 spiro atoms. The number of rotatable bonds is 4. The van der Waals surface area contributed by atoms with Gasteiger partial charge < -0.3 is 4.74 Å². The summed E-state index contributed by atoms with van der Waals surface area (Å²) >= 11 is 0. The normalized spacial score (nSPS) is 8.65. The van der Waals surface area contributed by atoms with Gasteiger partial charge in [-0.1, -0.05) is 32.8 Å². The Morgan fingerprint density at radius 2 is 2.00 bits per heavy atom. The number of ether oxygens (including phenoxy) is 1. The van der Waals surface area contributed by atoms with Crippen LogP contribution in [0.3, 0.4) is 0 Å². The van der Waals surface area contributed by atoms with E-state index in [4.69, 9.17) is 4.74 Å². The van der Waals surface area contributed by atoms with E-state index in [1.165, 1.54) is 13.3 Å². The van der Waals surface area contributed by atoms with Gasteiger partial charge in [0, 0.05) is 6.07 Å². The zero-order valence-corrected chi connectivity index (χ0v) is 10.2. The van der Waals surface area contributed by atoms with Gasteiger partial charge in [-0.15, -0.1) is 0 Å². The second-order valence-corrected chi connectivity index (χ2v) is 2.78. The van der Waals surface area contributed by atoms with Crippen LogP contribution in [0.5, 0.6) is 0 Å². The molecule has 0 amide bonds. The fourth-order valence-electron chi connectivity index (χ4n) is 1.04. The molecule has 1 rings (SSSR count). The number of hydrogen-bond donors (Lipinski definition) is 0. The van der Waals surface area contributed by atoms with Crippen LogP contribution in [0.15, 0.2) is 24.3 Å². The molecule has 5 nitrogen and oxygen atoms in total.